The molecule has 0 fully saturated rings. The zero-order chi connectivity index (χ0) is 9.68. The van der Waals surface area contributed by atoms with Crippen molar-refractivity contribution in [3.05, 3.63) is 35.6 Å². The van der Waals surface area contributed by atoms with E-state index < -0.39 is 0 Å². The van der Waals surface area contributed by atoms with Crippen molar-refractivity contribution in [3.8, 4) is 5.75 Å². The second-order valence-corrected chi connectivity index (χ2v) is 3.09. The predicted molar refractivity (Wildman–Crippen MR) is 54.3 cm³/mol. The molecule has 0 N–H and O–H groups in total. The molecule has 0 unspecified atom stereocenters. The molecule has 0 amide bonds. The summed E-state index contributed by atoms with van der Waals surface area (Å²) in [6.07, 6.45) is 4.35. The highest BCUT2D eigenvalue weighted by atomic mass is 35.5. The molecule has 2 nitrogen and oxygen atoms in total. The van der Waals surface area contributed by atoms with Crippen LogP contribution in [0.2, 0.25) is 5.15 Å². The van der Waals surface area contributed by atoms with E-state index in [-0.39, 0.29) is 0 Å². The fourth-order valence-corrected chi connectivity index (χ4v) is 1.04. The van der Waals surface area contributed by atoms with Gasteiger partial charge in [0.2, 0.25) is 0 Å². The molecule has 0 aliphatic rings. The van der Waals surface area contributed by atoms with E-state index in [9.17, 15) is 0 Å². The second kappa shape index (κ2) is 4.87. The molecule has 1 aromatic rings. The van der Waals surface area contributed by atoms with E-state index in [4.69, 9.17) is 16.3 Å². The van der Waals surface area contributed by atoms with Gasteiger partial charge in [-0.1, -0.05) is 17.7 Å². The van der Waals surface area contributed by atoms with Crippen LogP contribution in [0.4, 0.5) is 0 Å². The first-order valence-corrected chi connectivity index (χ1v) is 4.47. The fraction of sp³-hybridized carbons (Fsp3) is 0.300. The van der Waals surface area contributed by atoms with E-state index in [0.29, 0.717) is 11.8 Å². The van der Waals surface area contributed by atoms with Gasteiger partial charge in [0.05, 0.1) is 6.61 Å². The van der Waals surface area contributed by atoms with Gasteiger partial charge in [-0.25, -0.2) is 4.98 Å². The molecule has 1 rings (SSSR count). The van der Waals surface area contributed by atoms with Crippen molar-refractivity contribution in [2.75, 3.05) is 6.61 Å². The average molecular weight is 198 g/mol. The van der Waals surface area contributed by atoms with Crippen molar-refractivity contribution in [2.45, 2.75) is 13.3 Å². The summed E-state index contributed by atoms with van der Waals surface area (Å²) in [6, 6.07) is 1.72. The number of ether oxygens (including phenoxy) is 1. The molecule has 70 valence electrons. The Bertz CT molecular complexity index is 299. The summed E-state index contributed by atoms with van der Waals surface area (Å²) < 4.78 is 5.46. The summed E-state index contributed by atoms with van der Waals surface area (Å²) in [7, 11) is 0. The number of halogens is 1. The van der Waals surface area contributed by atoms with Gasteiger partial charge in [0, 0.05) is 17.8 Å². The molecule has 0 saturated heterocycles. The topological polar surface area (TPSA) is 22.1 Å². The van der Waals surface area contributed by atoms with Gasteiger partial charge in [-0.3, -0.25) is 0 Å². The van der Waals surface area contributed by atoms with E-state index in [1.807, 2.05) is 13.0 Å². The minimum atomic E-state index is 0.458. The lowest BCUT2D eigenvalue weighted by Gasteiger charge is -2.07. The highest BCUT2D eigenvalue weighted by Crippen LogP contribution is 2.20. The summed E-state index contributed by atoms with van der Waals surface area (Å²) >= 11 is 5.72. The van der Waals surface area contributed by atoms with Crippen LogP contribution in [0.1, 0.15) is 12.0 Å². The lowest BCUT2D eigenvalue weighted by atomic mass is 10.3. The Labute approximate surface area is 83.2 Å². The molecule has 0 aliphatic heterocycles. The van der Waals surface area contributed by atoms with Crippen molar-refractivity contribution in [1.29, 1.82) is 0 Å². The molecular weight excluding hydrogens is 186 g/mol. The van der Waals surface area contributed by atoms with Gasteiger partial charge < -0.3 is 4.74 Å². The Morgan fingerprint density at radius 2 is 2.46 bits per heavy atom. The van der Waals surface area contributed by atoms with Crippen LogP contribution in [0.15, 0.2) is 24.9 Å². The Morgan fingerprint density at radius 3 is 3.15 bits per heavy atom. The fourth-order valence-electron chi connectivity index (χ4n) is 0.889. The quantitative estimate of drug-likeness (QED) is 0.421. The van der Waals surface area contributed by atoms with Crippen LogP contribution in [0.25, 0.3) is 0 Å². The number of hydrogen-bond acceptors (Lipinski definition) is 2. The maximum absolute atomic E-state index is 5.72. The van der Waals surface area contributed by atoms with Gasteiger partial charge >= 0.3 is 0 Å². The molecule has 1 aromatic heterocycles. The average Bonchev–Trinajstić information content (AvgIpc) is 2.11. The van der Waals surface area contributed by atoms with Crippen molar-refractivity contribution < 1.29 is 4.74 Å². The standard InChI is InChI=1S/C10H12ClNO/c1-3-4-5-13-9-6-10(11)12-7-8(9)2/h3,6-7H,1,4-5H2,2H3. The van der Waals surface area contributed by atoms with Gasteiger partial charge in [0.25, 0.3) is 0 Å². The normalized spacial score (nSPS) is 9.69. The molecule has 0 radical (unpaired) electrons. The number of hydrogen-bond donors (Lipinski definition) is 0. The van der Waals surface area contributed by atoms with Gasteiger partial charge in [0.15, 0.2) is 0 Å². The Kier molecular flexibility index (Phi) is 3.77. The van der Waals surface area contributed by atoms with E-state index in [0.717, 1.165) is 17.7 Å². The SMILES string of the molecule is C=CCCOc1cc(Cl)ncc1C. The van der Waals surface area contributed by atoms with Gasteiger partial charge in [0.1, 0.15) is 10.9 Å². The summed E-state index contributed by atoms with van der Waals surface area (Å²) in [4.78, 5) is 3.93. The Hall–Kier alpha value is -1.02. The van der Waals surface area contributed by atoms with Crippen molar-refractivity contribution >= 4 is 11.6 Å². The third-order valence-electron chi connectivity index (χ3n) is 1.60. The molecule has 0 spiro atoms. The van der Waals surface area contributed by atoms with E-state index in [1.165, 1.54) is 0 Å². The summed E-state index contributed by atoms with van der Waals surface area (Å²) in [6.45, 7) is 6.18. The third kappa shape index (κ3) is 3.07. The molecule has 1 heterocycles. The first-order valence-electron chi connectivity index (χ1n) is 4.10. The van der Waals surface area contributed by atoms with Crippen molar-refractivity contribution in [2.24, 2.45) is 0 Å². The molecule has 3 heteroatoms. The van der Waals surface area contributed by atoms with E-state index >= 15 is 0 Å². The van der Waals surface area contributed by atoms with Crippen molar-refractivity contribution in [1.82, 2.24) is 4.98 Å². The summed E-state index contributed by atoms with van der Waals surface area (Å²) in [5, 5.41) is 0.458. The van der Waals surface area contributed by atoms with Crippen LogP contribution in [-0.2, 0) is 0 Å². The molecule has 13 heavy (non-hydrogen) atoms. The third-order valence-corrected chi connectivity index (χ3v) is 1.81. The Morgan fingerprint density at radius 1 is 1.69 bits per heavy atom. The van der Waals surface area contributed by atoms with Crippen LogP contribution in [0.3, 0.4) is 0 Å². The number of aryl methyl sites for hydroxylation is 1. The molecule has 0 bridgehead atoms. The number of pyridine rings is 1. The van der Waals surface area contributed by atoms with Crippen molar-refractivity contribution in [3.63, 3.8) is 0 Å². The molecular formula is C10H12ClNO. The lowest BCUT2D eigenvalue weighted by Crippen LogP contribution is -1.97. The largest absolute Gasteiger partial charge is 0.493 e. The molecule has 0 saturated carbocycles. The highest BCUT2D eigenvalue weighted by molar-refractivity contribution is 6.29. The van der Waals surface area contributed by atoms with Crippen LogP contribution in [0.5, 0.6) is 5.75 Å². The minimum Gasteiger partial charge on any atom is -0.493 e. The molecule has 0 aromatic carbocycles. The Balaban J connectivity index is 2.64. The molecule has 0 aliphatic carbocycles. The van der Waals surface area contributed by atoms with Crippen LogP contribution in [-0.4, -0.2) is 11.6 Å². The molecule has 0 atom stereocenters. The first-order chi connectivity index (χ1) is 6.24. The van der Waals surface area contributed by atoms with Crippen LogP contribution < -0.4 is 4.74 Å². The maximum Gasteiger partial charge on any atom is 0.132 e. The summed E-state index contributed by atoms with van der Waals surface area (Å²) in [5.41, 5.74) is 0.994. The smallest absolute Gasteiger partial charge is 0.132 e. The minimum absolute atomic E-state index is 0.458. The zero-order valence-electron chi connectivity index (χ0n) is 7.59. The summed E-state index contributed by atoms with van der Waals surface area (Å²) in [5.74, 6) is 0.793. The van der Waals surface area contributed by atoms with Gasteiger partial charge in [-0.05, 0) is 13.3 Å². The lowest BCUT2D eigenvalue weighted by molar-refractivity contribution is 0.322. The van der Waals surface area contributed by atoms with E-state index in [1.54, 1.807) is 12.3 Å². The second-order valence-electron chi connectivity index (χ2n) is 2.70. The number of aromatic nitrogens is 1. The highest BCUT2D eigenvalue weighted by Gasteiger charge is 2.00. The monoisotopic (exact) mass is 197 g/mol. The van der Waals surface area contributed by atoms with E-state index in [2.05, 4.69) is 11.6 Å². The van der Waals surface area contributed by atoms with Crippen LogP contribution >= 0.6 is 11.6 Å². The van der Waals surface area contributed by atoms with Gasteiger partial charge in [-0.2, -0.15) is 0 Å². The number of nitrogens with zero attached hydrogens (tertiary/aromatic N) is 1. The zero-order valence-corrected chi connectivity index (χ0v) is 8.34. The first kappa shape index (κ1) is 10.1. The van der Waals surface area contributed by atoms with Crippen LogP contribution in [0, 0.1) is 6.92 Å². The predicted octanol–water partition coefficient (Wildman–Crippen LogP) is 3.00. The maximum atomic E-state index is 5.72. The van der Waals surface area contributed by atoms with Gasteiger partial charge in [-0.15, -0.1) is 6.58 Å². The number of rotatable bonds is 4.